The van der Waals surface area contributed by atoms with Crippen molar-refractivity contribution in [2.24, 2.45) is 11.8 Å². The van der Waals surface area contributed by atoms with E-state index in [9.17, 15) is 22.8 Å². The Bertz CT molecular complexity index is 1170. The number of anilines is 1. The van der Waals surface area contributed by atoms with Gasteiger partial charge >= 0.3 is 6.18 Å². The van der Waals surface area contributed by atoms with E-state index >= 15 is 0 Å². The van der Waals surface area contributed by atoms with E-state index < -0.39 is 52.8 Å². The highest BCUT2D eigenvalue weighted by Crippen LogP contribution is 2.54. The maximum atomic E-state index is 13.4. The number of alkyl halides is 3. The van der Waals surface area contributed by atoms with Crippen LogP contribution < -0.4 is 4.90 Å². The molecule has 3 aliphatic rings. The van der Waals surface area contributed by atoms with Crippen LogP contribution in [0.4, 0.5) is 24.5 Å². The molecule has 3 heterocycles. The Morgan fingerprint density at radius 3 is 2.52 bits per heavy atom. The summed E-state index contributed by atoms with van der Waals surface area (Å²) in [5.41, 5.74) is -2.02. The third-order valence-corrected chi connectivity index (χ3v) is 6.14. The van der Waals surface area contributed by atoms with E-state index in [1.807, 2.05) is 30.3 Å². The molecule has 4 atom stereocenters. The summed E-state index contributed by atoms with van der Waals surface area (Å²) >= 11 is 0. The fourth-order valence-electron chi connectivity index (χ4n) is 4.86. The number of fused-ring (bicyclic) bond motifs is 5. The van der Waals surface area contributed by atoms with Gasteiger partial charge in [0.15, 0.2) is 5.69 Å². The highest BCUT2D eigenvalue weighted by Gasteiger charge is 2.67. The van der Waals surface area contributed by atoms with E-state index in [-0.39, 0.29) is 5.69 Å². The number of carbonyl (C=O) groups excluding carboxylic acids is 2. The molecule has 2 unspecified atom stereocenters. The van der Waals surface area contributed by atoms with Crippen molar-refractivity contribution in [3.05, 3.63) is 83.2 Å². The highest BCUT2D eigenvalue weighted by molar-refractivity contribution is 6.23. The van der Waals surface area contributed by atoms with E-state index in [4.69, 9.17) is 11.3 Å². The number of carbonyl (C=O) groups is 2. The van der Waals surface area contributed by atoms with Crippen LogP contribution in [0.25, 0.3) is 4.85 Å². The number of rotatable bonds is 3. The van der Waals surface area contributed by atoms with E-state index in [2.05, 4.69) is 4.85 Å². The number of halogens is 3. The summed E-state index contributed by atoms with van der Waals surface area (Å²) in [5.74, 6) is -2.76. The molecule has 2 aromatic rings. The average molecular weight is 424 g/mol. The molecule has 8 heteroatoms. The predicted molar refractivity (Wildman–Crippen MR) is 104 cm³/mol. The number of amides is 2. The van der Waals surface area contributed by atoms with Crippen LogP contribution in [0, 0.1) is 18.4 Å². The second-order valence-corrected chi connectivity index (χ2v) is 7.89. The Morgan fingerprint density at radius 1 is 1.10 bits per heavy atom. The average Bonchev–Trinajstić information content (AvgIpc) is 3.37. The number of imide groups is 1. The van der Waals surface area contributed by atoms with Crippen molar-refractivity contribution in [2.45, 2.75) is 24.3 Å². The molecule has 0 aliphatic carbocycles. The number of hydrogen-bond acceptors (Lipinski definition) is 3. The molecule has 0 N–H and O–H groups in total. The van der Waals surface area contributed by atoms with Crippen LogP contribution in [-0.2, 0) is 26.9 Å². The fourth-order valence-corrected chi connectivity index (χ4v) is 4.86. The summed E-state index contributed by atoms with van der Waals surface area (Å²) in [7, 11) is 0. The molecule has 156 valence electrons. The molecular formula is C23H15F3N2O3. The van der Waals surface area contributed by atoms with Gasteiger partial charge in [0.1, 0.15) is 5.60 Å². The zero-order chi connectivity index (χ0) is 22.0. The topological polar surface area (TPSA) is 51.0 Å². The van der Waals surface area contributed by atoms with E-state index in [1.54, 1.807) is 12.2 Å². The maximum absolute atomic E-state index is 13.4. The molecular weight excluding hydrogens is 409 g/mol. The molecule has 0 saturated carbocycles. The zero-order valence-electron chi connectivity index (χ0n) is 16.0. The molecule has 0 radical (unpaired) electrons. The second kappa shape index (κ2) is 6.53. The third kappa shape index (κ3) is 2.81. The van der Waals surface area contributed by atoms with Crippen LogP contribution in [0.2, 0.25) is 0 Å². The largest absolute Gasteiger partial charge is 0.407 e. The lowest BCUT2D eigenvalue weighted by Gasteiger charge is -2.29. The number of benzene rings is 2. The molecule has 3 aliphatic heterocycles. The van der Waals surface area contributed by atoms with Crippen LogP contribution >= 0.6 is 0 Å². The lowest BCUT2D eigenvalue weighted by atomic mass is 9.74. The number of ether oxygens (including phenoxy) is 1. The fraction of sp³-hybridized carbons (Fsp3) is 0.261. The minimum absolute atomic E-state index is 0.182. The van der Waals surface area contributed by atoms with Gasteiger partial charge < -0.3 is 4.74 Å². The summed E-state index contributed by atoms with van der Waals surface area (Å²) in [6.45, 7) is 6.97. The van der Waals surface area contributed by atoms with Gasteiger partial charge in [0, 0.05) is 12.1 Å². The quantitative estimate of drug-likeness (QED) is 0.419. The smallest absolute Gasteiger partial charge is 0.362 e. The summed E-state index contributed by atoms with van der Waals surface area (Å²) in [5, 5.41) is 0. The van der Waals surface area contributed by atoms with Crippen LogP contribution in [0.15, 0.2) is 60.7 Å². The van der Waals surface area contributed by atoms with E-state index in [0.29, 0.717) is 12.5 Å². The zero-order valence-corrected chi connectivity index (χ0v) is 16.0. The first-order valence-electron chi connectivity index (χ1n) is 9.63. The lowest BCUT2D eigenvalue weighted by Crippen LogP contribution is -2.42. The van der Waals surface area contributed by atoms with Crippen molar-refractivity contribution in [3.63, 3.8) is 0 Å². The number of nitrogens with zero attached hydrogens (tertiary/aromatic N) is 2. The Hall–Kier alpha value is -3.44. The van der Waals surface area contributed by atoms with Gasteiger partial charge in [-0.05, 0) is 17.7 Å². The Morgan fingerprint density at radius 2 is 1.84 bits per heavy atom. The monoisotopic (exact) mass is 424 g/mol. The molecule has 2 amide bonds. The van der Waals surface area contributed by atoms with Gasteiger partial charge in [-0.1, -0.05) is 48.6 Å². The Kier molecular flexibility index (Phi) is 4.11. The first-order valence-corrected chi connectivity index (χ1v) is 9.63. The lowest BCUT2D eigenvalue weighted by molar-refractivity contribution is -0.137. The first kappa shape index (κ1) is 19.5. The van der Waals surface area contributed by atoms with Crippen LogP contribution in [0.5, 0.6) is 0 Å². The third-order valence-electron chi connectivity index (χ3n) is 6.14. The van der Waals surface area contributed by atoms with Crippen LogP contribution in [-0.4, -0.2) is 23.5 Å². The molecule has 31 heavy (non-hydrogen) atoms. The molecule has 5 rings (SSSR count). The Labute approximate surface area is 175 Å². The number of hydrogen-bond donors (Lipinski definition) is 0. The second-order valence-electron chi connectivity index (χ2n) is 7.89. The molecule has 2 bridgehead atoms. The van der Waals surface area contributed by atoms with Crippen LogP contribution in [0.3, 0.4) is 0 Å². The van der Waals surface area contributed by atoms with Gasteiger partial charge in [-0.3, -0.25) is 9.59 Å². The molecule has 0 spiro atoms. The van der Waals surface area contributed by atoms with Gasteiger partial charge in [-0.2, -0.15) is 13.2 Å². The minimum Gasteiger partial charge on any atom is -0.362 e. The van der Waals surface area contributed by atoms with Gasteiger partial charge in [0.2, 0.25) is 11.8 Å². The van der Waals surface area contributed by atoms with E-state index in [0.717, 1.165) is 16.5 Å². The standard InChI is InChI=1S/C23H15F3N2O3/c1-27-16-8-7-14(11-15(16)23(24,25)26)28-20(29)18-17-9-10-22(31-17,19(18)21(28)30)12-13-5-3-2-4-6-13/h2-11,17-19H,12H2/t17?,18-,19+,22?/m1/s1. The normalized spacial score (nSPS) is 28.8. The highest BCUT2D eigenvalue weighted by atomic mass is 19.4. The van der Waals surface area contributed by atoms with Gasteiger partial charge in [-0.15, -0.1) is 0 Å². The van der Waals surface area contributed by atoms with E-state index in [1.165, 1.54) is 6.07 Å². The predicted octanol–water partition coefficient (Wildman–Crippen LogP) is 4.31. The summed E-state index contributed by atoms with van der Waals surface area (Å²) < 4.78 is 46.3. The summed E-state index contributed by atoms with van der Waals surface area (Å²) in [6.07, 6.45) is -1.46. The first-order chi connectivity index (χ1) is 14.7. The van der Waals surface area contributed by atoms with Crippen molar-refractivity contribution < 1.29 is 27.5 Å². The molecule has 2 aromatic carbocycles. The van der Waals surface area contributed by atoms with Crippen molar-refractivity contribution in [1.82, 2.24) is 0 Å². The van der Waals surface area contributed by atoms with Gasteiger partial charge in [0.05, 0.1) is 30.1 Å². The summed E-state index contributed by atoms with van der Waals surface area (Å²) in [6, 6.07) is 12.3. The molecule has 2 fully saturated rings. The van der Waals surface area contributed by atoms with Crippen molar-refractivity contribution >= 4 is 23.2 Å². The van der Waals surface area contributed by atoms with Crippen LogP contribution in [0.1, 0.15) is 11.1 Å². The molecule has 5 nitrogen and oxygen atoms in total. The molecule has 0 aromatic heterocycles. The maximum Gasteiger partial charge on any atom is 0.407 e. The minimum atomic E-state index is -4.78. The van der Waals surface area contributed by atoms with Gasteiger partial charge in [0.25, 0.3) is 0 Å². The molecule has 2 saturated heterocycles. The summed E-state index contributed by atoms with van der Waals surface area (Å²) in [4.78, 5) is 30.2. The Balaban J connectivity index is 1.54. The van der Waals surface area contributed by atoms with Crippen molar-refractivity contribution in [2.75, 3.05) is 4.90 Å². The SMILES string of the molecule is [C-]#[N+]c1ccc(N2C(=O)[C@@H]3C4C=CC(Cc5ccccc5)(O4)[C@@H]3C2=O)cc1C(F)(F)F. The van der Waals surface area contributed by atoms with Crippen molar-refractivity contribution in [1.29, 1.82) is 0 Å². The van der Waals surface area contributed by atoms with Gasteiger partial charge in [-0.25, -0.2) is 9.74 Å². The van der Waals surface area contributed by atoms with Crippen molar-refractivity contribution in [3.8, 4) is 0 Å².